The maximum absolute atomic E-state index is 12.9. The molecule has 0 bridgehead atoms. The molecule has 350 valence electrons. The number of phosphoric ester groups is 1. The number of hydrogen-bond donors (Lipinski definition) is 2. The molecule has 3 atom stereocenters. The Balaban J connectivity index is 4.06. The van der Waals surface area contributed by atoms with Crippen molar-refractivity contribution in [2.24, 2.45) is 0 Å². The molecule has 0 spiro atoms. The van der Waals surface area contributed by atoms with Gasteiger partial charge in [0.05, 0.1) is 39.9 Å². The van der Waals surface area contributed by atoms with Gasteiger partial charge in [-0.05, 0) is 57.8 Å². The van der Waals surface area contributed by atoms with Crippen LogP contribution in [0.25, 0.3) is 0 Å². The molecule has 0 saturated carbocycles. The Bertz CT molecular complexity index is 1160. The lowest BCUT2D eigenvalue weighted by Crippen LogP contribution is -2.46. The third-order valence-corrected chi connectivity index (χ3v) is 11.7. The van der Waals surface area contributed by atoms with Crippen LogP contribution in [0.1, 0.15) is 206 Å². The maximum Gasteiger partial charge on any atom is 0.268 e. The van der Waals surface area contributed by atoms with Crippen molar-refractivity contribution in [1.82, 2.24) is 5.32 Å². The number of phosphoric acid groups is 1. The molecule has 0 rings (SSSR count). The summed E-state index contributed by atoms with van der Waals surface area (Å²) in [5.41, 5.74) is 0. The first-order valence-corrected chi connectivity index (χ1v) is 26.1. The lowest BCUT2D eigenvalue weighted by molar-refractivity contribution is -0.870. The van der Waals surface area contributed by atoms with Crippen molar-refractivity contribution in [3.05, 3.63) is 60.8 Å². The molecule has 0 fully saturated rings. The highest BCUT2D eigenvalue weighted by Gasteiger charge is 2.24. The highest BCUT2D eigenvalue weighted by molar-refractivity contribution is 7.45. The first-order valence-electron chi connectivity index (χ1n) is 24.6. The molecule has 9 heteroatoms. The van der Waals surface area contributed by atoms with Gasteiger partial charge in [-0.2, -0.15) is 0 Å². The molecular weight excluding hydrogens is 768 g/mol. The second-order valence-corrected chi connectivity index (χ2v) is 19.2. The van der Waals surface area contributed by atoms with E-state index in [0.29, 0.717) is 23.9 Å². The van der Waals surface area contributed by atoms with Gasteiger partial charge in [0.1, 0.15) is 13.2 Å². The number of likely N-dealkylation sites (N-methyl/N-ethyl adjacent to an activating group) is 1. The molecule has 0 radical (unpaired) electrons. The molecule has 0 aliphatic rings. The topological polar surface area (TPSA) is 108 Å². The molecule has 0 aliphatic heterocycles. The average Bonchev–Trinajstić information content (AvgIpc) is 3.20. The average molecular weight is 863 g/mol. The monoisotopic (exact) mass is 863 g/mol. The summed E-state index contributed by atoms with van der Waals surface area (Å²) in [4.78, 5) is 25.3. The Hall–Kier alpha value is -1.80. The summed E-state index contributed by atoms with van der Waals surface area (Å²) in [6.45, 7) is 4.57. The number of quaternary nitrogens is 1. The largest absolute Gasteiger partial charge is 0.756 e. The predicted molar refractivity (Wildman–Crippen MR) is 256 cm³/mol. The highest BCUT2D eigenvalue weighted by atomic mass is 31.2. The zero-order valence-electron chi connectivity index (χ0n) is 39.6. The molecule has 0 aromatic rings. The second kappa shape index (κ2) is 42.5. The first-order chi connectivity index (χ1) is 29.0. The van der Waals surface area contributed by atoms with E-state index in [2.05, 4.69) is 79.9 Å². The van der Waals surface area contributed by atoms with E-state index in [1.807, 2.05) is 21.1 Å². The Morgan fingerprint density at radius 2 is 1.02 bits per heavy atom. The molecule has 1 amide bonds. The fourth-order valence-corrected chi connectivity index (χ4v) is 7.61. The standard InChI is InChI=1S/C51H95N2O6P/c1-6-8-10-12-14-16-17-18-19-20-21-22-23-24-25-26-27-28-29-30-31-32-33-34-35-37-39-41-43-45-51(55)52-49(48-59-60(56,57)58-47-46-53(3,4)5)50(54)44-42-40-38-36-15-13-11-9-7-2/h8,10,14,16,18-19,21-22,24-25,49-50,54H,6-7,9,11-13,15,17,20,23,26-48H2,1-5H3,(H-,52,55,56,57)/b10-8-,16-14-,19-18-,22-21-,25-24-. The van der Waals surface area contributed by atoms with Crippen molar-refractivity contribution in [2.75, 3.05) is 40.9 Å². The van der Waals surface area contributed by atoms with Crippen molar-refractivity contribution in [2.45, 2.75) is 219 Å². The molecule has 2 N–H and O–H groups in total. The van der Waals surface area contributed by atoms with E-state index in [1.165, 1.54) is 109 Å². The number of amides is 1. The number of aliphatic hydroxyl groups excluding tert-OH is 1. The number of allylic oxidation sites excluding steroid dienone is 10. The molecular formula is C51H95N2O6P. The van der Waals surface area contributed by atoms with E-state index in [4.69, 9.17) is 9.05 Å². The third-order valence-electron chi connectivity index (χ3n) is 10.8. The summed E-state index contributed by atoms with van der Waals surface area (Å²) in [5, 5.41) is 13.9. The van der Waals surface area contributed by atoms with Gasteiger partial charge in [0.2, 0.25) is 5.91 Å². The predicted octanol–water partition coefficient (Wildman–Crippen LogP) is 13.6. The van der Waals surface area contributed by atoms with Crippen LogP contribution in [-0.4, -0.2) is 68.5 Å². The first kappa shape index (κ1) is 58.2. The van der Waals surface area contributed by atoms with Crippen LogP contribution in [0.15, 0.2) is 60.8 Å². The van der Waals surface area contributed by atoms with Gasteiger partial charge < -0.3 is 28.8 Å². The van der Waals surface area contributed by atoms with Gasteiger partial charge in [-0.15, -0.1) is 0 Å². The number of carbonyl (C=O) groups excluding carboxylic acids is 1. The zero-order chi connectivity index (χ0) is 44.3. The fourth-order valence-electron chi connectivity index (χ4n) is 6.89. The molecule has 0 heterocycles. The molecule has 0 saturated heterocycles. The summed E-state index contributed by atoms with van der Waals surface area (Å²) in [6, 6.07) is -0.801. The number of nitrogens with zero attached hydrogens (tertiary/aromatic N) is 1. The van der Waals surface area contributed by atoms with Gasteiger partial charge in [0.25, 0.3) is 7.82 Å². The number of rotatable bonds is 44. The summed E-state index contributed by atoms with van der Waals surface area (Å²) in [6.07, 6.45) is 55.3. The van der Waals surface area contributed by atoms with Gasteiger partial charge in [-0.25, -0.2) is 0 Å². The number of unbranched alkanes of at least 4 members (excludes halogenated alkanes) is 21. The fraction of sp³-hybridized carbons (Fsp3) is 0.784. The van der Waals surface area contributed by atoms with E-state index in [0.717, 1.165) is 70.6 Å². The minimum absolute atomic E-state index is 0.0101. The van der Waals surface area contributed by atoms with E-state index in [1.54, 1.807) is 0 Å². The Labute approximate surface area is 371 Å². The van der Waals surface area contributed by atoms with Gasteiger partial charge in [-0.3, -0.25) is 9.36 Å². The molecule has 3 unspecified atom stereocenters. The van der Waals surface area contributed by atoms with Crippen LogP contribution in [-0.2, 0) is 18.4 Å². The van der Waals surface area contributed by atoms with Crippen LogP contribution in [0.3, 0.4) is 0 Å². The van der Waals surface area contributed by atoms with E-state index in [-0.39, 0.29) is 19.1 Å². The smallest absolute Gasteiger partial charge is 0.268 e. The molecule has 0 aliphatic carbocycles. The van der Waals surface area contributed by atoms with Gasteiger partial charge in [-0.1, -0.05) is 203 Å². The van der Waals surface area contributed by atoms with Crippen LogP contribution < -0.4 is 10.2 Å². The van der Waals surface area contributed by atoms with Crippen molar-refractivity contribution >= 4 is 13.7 Å². The lowest BCUT2D eigenvalue weighted by Gasteiger charge is -2.30. The van der Waals surface area contributed by atoms with Gasteiger partial charge >= 0.3 is 0 Å². The highest BCUT2D eigenvalue weighted by Crippen LogP contribution is 2.38. The summed E-state index contributed by atoms with van der Waals surface area (Å²) in [7, 11) is 1.30. The number of hydrogen-bond acceptors (Lipinski definition) is 6. The SMILES string of the molecule is CC/C=C\C/C=C\C/C=C\C/C=C\C/C=C\CCCCCCCCCCCCCCCC(=O)NC(COP(=O)([O-])OCC[N+](C)(C)C)C(O)CCCCCCCCCCC. The van der Waals surface area contributed by atoms with Crippen LogP contribution >= 0.6 is 7.82 Å². The summed E-state index contributed by atoms with van der Waals surface area (Å²) < 4.78 is 23.2. The summed E-state index contributed by atoms with van der Waals surface area (Å²) >= 11 is 0. The number of nitrogens with one attached hydrogen (secondary N) is 1. The van der Waals surface area contributed by atoms with Crippen molar-refractivity contribution in [3.63, 3.8) is 0 Å². The van der Waals surface area contributed by atoms with Crippen LogP contribution in [0.5, 0.6) is 0 Å². The Kier molecular flexibility index (Phi) is 41.2. The minimum atomic E-state index is -4.56. The normalized spacial score (nSPS) is 14.7. The van der Waals surface area contributed by atoms with Crippen LogP contribution in [0.2, 0.25) is 0 Å². The minimum Gasteiger partial charge on any atom is -0.756 e. The third kappa shape index (κ3) is 44.3. The van der Waals surface area contributed by atoms with Gasteiger partial charge in [0.15, 0.2) is 0 Å². The van der Waals surface area contributed by atoms with Crippen molar-refractivity contribution in [3.8, 4) is 0 Å². The van der Waals surface area contributed by atoms with Gasteiger partial charge in [0, 0.05) is 6.42 Å². The molecule has 0 aromatic heterocycles. The summed E-state index contributed by atoms with van der Waals surface area (Å²) in [5.74, 6) is -0.171. The Morgan fingerprint density at radius 1 is 0.600 bits per heavy atom. The molecule has 60 heavy (non-hydrogen) atoms. The molecule has 0 aromatic carbocycles. The van der Waals surface area contributed by atoms with Crippen LogP contribution in [0, 0.1) is 0 Å². The number of aliphatic hydroxyl groups is 1. The van der Waals surface area contributed by atoms with E-state index in [9.17, 15) is 19.4 Å². The lowest BCUT2D eigenvalue weighted by atomic mass is 10.0. The molecule has 8 nitrogen and oxygen atoms in total. The van der Waals surface area contributed by atoms with E-state index < -0.39 is 20.0 Å². The quantitative estimate of drug-likeness (QED) is 0.0273. The van der Waals surface area contributed by atoms with Crippen molar-refractivity contribution < 1.29 is 32.9 Å². The van der Waals surface area contributed by atoms with Crippen LogP contribution in [0.4, 0.5) is 0 Å². The number of carbonyl (C=O) groups is 1. The second-order valence-electron chi connectivity index (χ2n) is 17.8. The van der Waals surface area contributed by atoms with Crippen molar-refractivity contribution in [1.29, 1.82) is 0 Å². The Morgan fingerprint density at radius 3 is 1.48 bits per heavy atom. The zero-order valence-corrected chi connectivity index (χ0v) is 40.5. The maximum atomic E-state index is 12.9. The van der Waals surface area contributed by atoms with E-state index >= 15 is 0 Å².